The van der Waals surface area contributed by atoms with Crippen LogP contribution in [0.4, 0.5) is 4.39 Å². The van der Waals surface area contributed by atoms with Crippen molar-refractivity contribution in [2.24, 2.45) is 0 Å². The van der Waals surface area contributed by atoms with Gasteiger partial charge in [0.1, 0.15) is 11.9 Å². The van der Waals surface area contributed by atoms with Crippen molar-refractivity contribution < 1.29 is 8.60 Å². The zero-order valence-corrected chi connectivity index (χ0v) is 11.4. The van der Waals surface area contributed by atoms with Crippen molar-refractivity contribution in [2.75, 3.05) is 12.0 Å². The molecule has 0 aliphatic heterocycles. The van der Waals surface area contributed by atoms with Crippen LogP contribution in [-0.2, 0) is 17.3 Å². The molecule has 0 radical (unpaired) electrons. The molecule has 3 nitrogen and oxygen atoms in total. The Bertz CT molecular complexity index is 471. The number of nitrogens with one attached hydrogen (secondary N) is 1. The van der Waals surface area contributed by atoms with E-state index in [1.165, 1.54) is 6.07 Å². The predicted octanol–water partition coefficient (Wildman–Crippen LogP) is 1.94. The fourth-order valence-electron chi connectivity index (χ4n) is 1.50. The van der Waals surface area contributed by atoms with Gasteiger partial charge in [-0.15, -0.1) is 0 Å². The normalized spacial score (nSPS) is 13.9. The standard InChI is InChI=1S/C13H17FN2OS/c1-10(5-6-18(2)17)16-9-11-3-4-13(14)12(7-11)8-15/h3-4,7,10,16H,5-6,9H2,1-2H3. The summed E-state index contributed by atoms with van der Waals surface area (Å²) in [5.74, 6) is 0.178. The molecular weight excluding hydrogens is 251 g/mol. The van der Waals surface area contributed by atoms with E-state index in [2.05, 4.69) is 5.32 Å². The first-order chi connectivity index (χ1) is 8.52. The molecule has 0 saturated carbocycles. The van der Waals surface area contributed by atoms with Gasteiger partial charge in [0.25, 0.3) is 0 Å². The third-order valence-corrected chi connectivity index (χ3v) is 3.45. The third kappa shape index (κ3) is 4.94. The van der Waals surface area contributed by atoms with Crippen LogP contribution in [0.5, 0.6) is 0 Å². The summed E-state index contributed by atoms with van der Waals surface area (Å²) in [7, 11) is -0.775. The van der Waals surface area contributed by atoms with E-state index in [1.54, 1.807) is 18.4 Å². The van der Waals surface area contributed by atoms with E-state index in [0.29, 0.717) is 12.3 Å². The van der Waals surface area contributed by atoms with Gasteiger partial charge in [-0.25, -0.2) is 4.39 Å². The minimum atomic E-state index is -0.775. The van der Waals surface area contributed by atoms with Crippen LogP contribution in [0.1, 0.15) is 24.5 Å². The third-order valence-electron chi connectivity index (χ3n) is 2.64. The van der Waals surface area contributed by atoms with E-state index in [0.717, 1.165) is 12.0 Å². The van der Waals surface area contributed by atoms with Gasteiger partial charge in [0.05, 0.1) is 5.56 Å². The lowest BCUT2D eigenvalue weighted by atomic mass is 10.1. The van der Waals surface area contributed by atoms with Crippen LogP contribution < -0.4 is 5.32 Å². The predicted molar refractivity (Wildman–Crippen MR) is 71.0 cm³/mol. The zero-order valence-electron chi connectivity index (χ0n) is 10.6. The van der Waals surface area contributed by atoms with E-state index in [9.17, 15) is 8.60 Å². The van der Waals surface area contributed by atoms with Crippen molar-refractivity contribution in [1.29, 1.82) is 5.26 Å². The minimum Gasteiger partial charge on any atom is -0.310 e. The summed E-state index contributed by atoms with van der Waals surface area (Å²) in [5, 5.41) is 12.0. The molecule has 0 aliphatic carbocycles. The summed E-state index contributed by atoms with van der Waals surface area (Å²) >= 11 is 0. The molecule has 0 fully saturated rings. The van der Waals surface area contributed by atoms with Crippen LogP contribution in [0.15, 0.2) is 18.2 Å². The van der Waals surface area contributed by atoms with Gasteiger partial charge in [0.2, 0.25) is 0 Å². The molecule has 1 N–H and O–H groups in total. The quantitative estimate of drug-likeness (QED) is 0.858. The van der Waals surface area contributed by atoms with Gasteiger partial charge in [0.15, 0.2) is 0 Å². The molecule has 1 aromatic rings. The highest BCUT2D eigenvalue weighted by molar-refractivity contribution is 7.84. The summed E-state index contributed by atoms with van der Waals surface area (Å²) in [6.07, 6.45) is 2.52. The zero-order chi connectivity index (χ0) is 13.5. The van der Waals surface area contributed by atoms with Crippen molar-refractivity contribution >= 4 is 10.8 Å². The van der Waals surface area contributed by atoms with Gasteiger partial charge in [-0.3, -0.25) is 4.21 Å². The Morgan fingerprint density at radius 3 is 2.89 bits per heavy atom. The maximum absolute atomic E-state index is 13.1. The van der Waals surface area contributed by atoms with Gasteiger partial charge in [-0.2, -0.15) is 5.26 Å². The first-order valence-electron chi connectivity index (χ1n) is 5.75. The smallest absolute Gasteiger partial charge is 0.140 e. The van der Waals surface area contributed by atoms with Crippen molar-refractivity contribution in [1.82, 2.24) is 5.32 Å². The van der Waals surface area contributed by atoms with Crippen LogP contribution >= 0.6 is 0 Å². The Hall–Kier alpha value is -1.25. The molecule has 1 rings (SSSR count). The highest BCUT2D eigenvalue weighted by atomic mass is 32.2. The maximum Gasteiger partial charge on any atom is 0.140 e. The Morgan fingerprint density at radius 2 is 2.28 bits per heavy atom. The van der Waals surface area contributed by atoms with Crippen LogP contribution in [0.25, 0.3) is 0 Å². The summed E-state index contributed by atoms with van der Waals surface area (Å²) in [6.45, 7) is 2.59. The van der Waals surface area contributed by atoms with Crippen LogP contribution in [-0.4, -0.2) is 22.3 Å². The van der Waals surface area contributed by atoms with Crippen LogP contribution in [0, 0.1) is 17.1 Å². The van der Waals surface area contributed by atoms with E-state index in [4.69, 9.17) is 5.26 Å². The molecule has 2 atom stereocenters. The second-order valence-electron chi connectivity index (χ2n) is 4.27. The topological polar surface area (TPSA) is 52.9 Å². The summed E-state index contributed by atoms with van der Waals surface area (Å²) in [5.41, 5.74) is 0.939. The molecule has 0 bridgehead atoms. The lowest BCUT2D eigenvalue weighted by Gasteiger charge is -2.13. The molecule has 0 aliphatic rings. The fraction of sp³-hybridized carbons (Fsp3) is 0.462. The Labute approximate surface area is 109 Å². The Morgan fingerprint density at radius 1 is 1.56 bits per heavy atom. The Kier molecular flexibility index (Phi) is 5.96. The van der Waals surface area contributed by atoms with E-state index in [1.807, 2.05) is 13.0 Å². The number of nitrogens with zero attached hydrogens (tertiary/aromatic N) is 1. The monoisotopic (exact) mass is 268 g/mol. The Balaban J connectivity index is 2.48. The molecule has 1 aromatic carbocycles. The second kappa shape index (κ2) is 7.24. The summed E-state index contributed by atoms with van der Waals surface area (Å²) < 4.78 is 24.1. The lowest BCUT2D eigenvalue weighted by Crippen LogP contribution is -2.27. The summed E-state index contributed by atoms with van der Waals surface area (Å²) in [4.78, 5) is 0. The molecule has 0 aromatic heterocycles. The van der Waals surface area contributed by atoms with E-state index in [-0.39, 0.29) is 11.6 Å². The van der Waals surface area contributed by atoms with Crippen LogP contribution in [0.3, 0.4) is 0 Å². The first kappa shape index (κ1) is 14.8. The van der Waals surface area contributed by atoms with Crippen molar-refractivity contribution in [3.8, 4) is 6.07 Å². The number of hydrogen-bond donors (Lipinski definition) is 1. The minimum absolute atomic E-state index is 0.0663. The first-order valence-corrected chi connectivity index (χ1v) is 7.47. The number of hydrogen-bond acceptors (Lipinski definition) is 3. The molecule has 18 heavy (non-hydrogen) atoms. The van der Waals surface area contributed by atoms with Crippen molar-refractivity contribution in [3.63, 3.8) is 0 Å². The van der Waals surface area contributed by atoms with Crippen LogP contribution in [0.2, 0.25) is 0 Å². The lowest BCUT2D eigenvalue weighted by molar-refractivity contribution is 0.534. The van der Waals surface area contributed by atoms with Gasteiger partial charge in [0, 0.05) is 35.4 Å². The largest absolute Gasteiger partial charge is 0.310 e. The molecule has 0 saturated heterocycles. The molecule has 0 amide bonds. The highest BCUT2D eigenvalue weighted by Gasteiger charge is 2.05. The van der Waals surface area contributed by atoms with Gasteiger partial charge in [-0.05, 0) is 31.0 Å². The average molecular weight is 268 g/mol. The summed E-state index contributed by atoms with van der Waals surface area (Å²) in [6, 6.07) is 6.58. The van der Waals surface area contributed by atoms with Gasteiger partial charge in [-0.1, -0.05) is 6.07 Å². The van der Waals surface area contributed by atoms with Gasteiger partial charge < -0.3 is 5.32 Å². The fourth-order valence-corrected chi connectivity index (χ4v) is 2.19. The number of benzene rings is 1. The van der Waals surface area contributed by atoms with E-state index >= 15 is 0 Å². The van der Waals surface area contributed by atoms with E-state index < -0.39 is 16.6 Å². The number of nitriles is 1. The molecule has 0 heterocycles. The maximum atomic E-state index is 13.1. The molecular formula is C13H17FN2OS. The molecule has 2 unspecified atom stereocenters. The number of halogens is 1. The van der Waals surface area contributed by atoms with Crippen molar-refractivity contribution in [2.45, 2.75) is 25.9 Å². The molecule has 0 spiro atoms. The highest BCUT2D eigenvalue weighted by Crippen LogP contribution is 2.09. The molecule has 5 heteroatoms. The van der Waals surface area contributed by atoms with Gasteiger partial charge >= 0.3 is 0 Å². The molecule has 98 valence electrons. The SMILES string of the molecule is CC(CCS(C)=O)NCc1ccc(F)c(C#N)c1. The van der Waals surface area contributed by atoms with Crippen molar-refractivity contribution in [3.05, 3.63) is 35.1 Å². The average Bonchev–Trinajstić information content (AvgIpc) is 2.35. The second-order valence-corrected chi connectivity index (χ2v) is 5.83. The number of rotatable bonds is 6.